The second-order valence-corrected chi connectivity index (χ2v) is 8.68. The summed E-state index contributed by atoms with van der Waals surface area (Å²) in [6, 6.07) is 8.00. The quantitative estimate of drug-likeness (QED) is 0.557. The molecule has 0 heterocycles. The van der Waals surface area contributed by atoms with Crippen LogP contribution in [0.4, 0.5) is 11.4 Å². The highest BCUT2D eigenvalue weighted by atomic mass is 35.5. The maximum atomic E-state index is 12.4. The van der Waals surface area contributed by atoms with E-state index >= 15 is 0 Å². The molecule has 2 aromatic carbocycles. The maximum Gasteiger partial charge on any atom is 0.291 e. The molecule has 9 nitrogen and oxygen atoms in total. The highest BCUT2D eigenvalue weighted by molar-refractivity contribution is 7.93. The molecule has 0 saturated heterocycles. The van der Waals surface area contributed by atoms with Crippen molar-refractivity contribution in [2.24, 2.45) is 0 Å². The van der Waals surface area contributed by atoms with Gasteiger partial charge in [-0.1, -0.05) is 11.6 Å². The Morgan fingerprint density at radius 1 is 1.00 bits per heavy atom. The summed E-state index contributed by atoms with van der Waals surface area (Å²) in [6.45, 7) is 0. The molecule has 134 valence electrons. The number of hydrogen-bond donors (Lipinski definition) is 2. The van der Waals surface area contributed by atoms with Gasteiger partial charge in [0, 0.05) is 16.8 Å². The number of sulfonamides is 2. The predicted octanol–water partition coefficient (Wildman–Crippen LogP) is 1.96. The first kappa shape index (κ1) is 19.1. The summed E-state index contributed by atoms with van der Waals surface area (Å²) in [7, 11) is -6.70. The fraction of sp³-hybridized carbons (Fsp3) is 0.0769. The van der Waals surface area contributed by atoms with Gasteiger partial charge in [-0.3, -0.25) is 14.8 Å². The molecule has 2 rings (SSSR count). The van der Waals surface area contributed by atoms with Crippen molar-refractivity contribution >= 4 is 43.0 Å². The number of halogens is 1. The molecule has 2 aromatic rings. The Labute approximate surface area is 148 Å². The van der Waals surface area contributed by atoms with Gasteiger partial charge in [0.25, 0.3) is 15.7 Å². The summed E-state index contributed by atoms with van der Waals surface area (Å²) in [5.41, 5.74) is -0.631. The van der Waals surface area contributed by atoms with Crippen molar-refractivity contribution in [1.29, 1.82) is 0 Å². The smallest absolute Gasteiger partial charge is 0.279 e. The van der Waals surface area contributed by atoms with E-state index in [1.54, 1.807) is 0 Å². The Balaban J connectivity index is 2.39. The van der Waals surface area contributed by atoms with E-state index in [0.29, 0.717) is 0 Å². The summed E-state index contributed by atoms with van der Waals surface area (Å²) in [5, 5.41) is 11.1. The van der Waals surface area contributed by atoms with Crippen LogP contribution in [-0.2, 0) is 20.0 Å². The summed E-state index contributed by atoms with van der Waals surface area (Å²) < 4.78 is 52.3. The summed E-state index contributed by atoms with van der Waals surface area (Å²) >= 11 is 5.66. The number of nitro groups is 1. The molecule has 0 bridgehead atoms. The third-order valence-corrected chi connectivity index (χ3v) is 6.19. The lowest BCUT2D eigenvalue weighted by Gasteiger charge is -2.09. The number of benzene rings is 2. The number of nitro benzene ring substituents is 1. The summed E-state index contributed by atoms with van der Waals surface area (Å²) in [5.74, 6) is 0. The van der Waals surface area contributed by atoms with E-state index in [2.05, 4.69) is 9.44 Å². The van der Waals surface area contributed by atoms with E-state index < -0.39 is 35.6 Å². The van der Waals surface area contributed by atoms with E-state index in [4.69, 9.17) is 11.6 Å². The van der Waals surface area contributed by atoms with Crippen molar-refractivity contribution in [3.63, 3.8) is 0 Å². The molecular weight excluding hydrogens is 394 g/mol. The fourth-order valence-electron chi connectivity index (χ4n) is 1.89. The highest BCUT2D eigenvalue weighted by Crippen LogP contribution is 2.28. The first-order valence-corrected chi connectivity index (χ1v) is 9.91. The normalized spacial score (nSPS) is 11.9. The Hall–Kier alpha value is -2.21. The number of nitrogens with one attached hydrogen (secondary N) is 2. The molecule has 2 N–H and O–H groups in total. The van der Waals surface area contributed by atoms with Gasteiger partial charge in [0.05, 0.1) is 9.82 Å². The van der Waals surface area contributed by atoms with Gasteiger partial charge < -0.3 is 0 Å². The lowest BCUT2D eigenvalue weighted by atomic mass is 10.3. The van der Waals surface area contributed by atoms with Crippen LogP contribution in [0.5, 0.6) is 0 Å². The van der Waals surface area contributed by atoms with Crippen molar-refractivity contribution in [3.8, 4) is 0 Å². The van der Waals surface area contributed by atoms with Crippen LogP contribution in [0.15, 0.2) is 52.3 Å². The summed E-state index contributed by atoms with van der Waals surface area (Å²) in [6.07, 6.45) is 0. The molecule has 12 heteroatoms. The highest BCUT2D eigenvalue weighted by Gasteiger charge is 2.26. The minimum atomic E-state index is -4.28. The molecule has 0 aliphatic rings. The molecule has 0 aromatic heterocycles. The van der Waals surface area contributed by atoms with Gasteiger partial charge >= 0.3 is 0 Å². The van der Waals surface area contributed by atoms with Crippen LogP contribution in [0.25, 0.3) is 0 Å². The topological polar surface area (TPSA) is 135 Å². The molecule has 0 atom stereocenters. The largest absolute Gasteiger partial charge is 0.291 e. The van der Waals surface area contributed by atoms with Crippen molar-refractivity contribution in [2.75, 3.05) is 11.8 Å². The van der Waals surface area contributed by atoms with Crippen molar-refractivity contribution in [1.82, 2.24) is 4.72 Å². The Morgan fingerprint density at radius 3 is 2.12 bits per heavy atom. The van der Waals surface area contributed by atoms with Crippen molar-refractivity contribution in [2.45, 2.75) is 9.79 Å². The molecule has 0 aliphatic carbocycles. The monoisotopic (exact) mass is 405 g/mol. The molecule has 0 saturated carbocycles. The Bertz CT molecular complexity index is 1020. The minimum absolute atomic E-state index is 0.0206. The first-order chi connectivity index (χ1) is 11.6. The second-order valence-electron chi connectivity index (χ2n) is 4.71. The molecule has 0 aliphatic heterocycles. The van der Waals surface area contributed by atoms with Crippen molar-refractivity contribution < 1.29 is 21.8 Å². The zero-order valence-corrected chi connectivity index (χ0v) is 15.0. The molecule has 0 radical (unpaired) electrons. The predicted molar refractivity (Wildman–Crippen MR) is 91.6 cm³/mol. The van der Waals surface area contributed by atoms with Gasteiger partial charge in [-0.25, -0.2) is 21.6 Å². The second kappa shape index (κ2) is 6.96. The number of rotatable bonds is 6. The van der Waals surface area contributed by atoms with Gasteiger partial charge in [-0.2, -0.15) is 0 Å². The molecule has 25 heavy (non-hydrogen) atoms. The van der Waals surface area contributed by atoms with E-state index in [9.17, 15) is 26.9 Å². The average molecular weight is 406 g/mol. The lowest BCUT2D eigenvalue weighted by molar-refractivity contribution is -0.387. The Kier molecular flexibility index (Phi) is 5.32. The van der Waals surface area contributed by atoms with Crippen LogP contribution in [0.3, 0.4) is 0 Å². The lowest BCUT2D eigenvalue weighted by Crippen LogP contribution is -2.18. The van der Waals surface area contributed by atoms with Crippen LogP contribution in [0, 0.1) is 10.1 Å². The van der Waals surface area contributed by atoms with Crippen LogP contribution in [0.2, 0.25) is 5.02 Å². The third kappa shape index (κ3) is 4.25. The van der Waals surface area contributed by atoms with Crippen LogP contribution in [-0.4, -0.2) is 28.8 Å². The van der Waals surface area contributed by atoms with Crippen molar-refractivity contribution in [3.05, 3.63) is 57.6 Å². The summed E-state index contributed by atoms with van der Waals surface area (Å²) in [4.78, 5) is 9.56. The number of hydrogen-bond acceptors (Lipinski definition) is 6. The molecule has 0 fully saturated rings. The van der Waals surface area contributed by atoms with E-state index in [1.807, 2.05) is 0 Å². The SMILES string of the molecule is CNS(=O)(=O)c1ccc(NS(=O)(=O)c2ccc(Cl)cc2[N+](=O)[O-])cc1. The molecular formula is C13H12ClN3O6S2. The average Bonchev–Trinajstić information content (AvgIpc) is 2.54. The van der Waals surface area contributed by atoms with E-state index in [0.717, 1.165) is 12.1 Å². The standard InChI is InChI=1S/C13H12ClN3O6S2/c1-15-24(20,21)11-5-3-10(4-6-11)16-25(22,23)13-7-2-9(14)8-12(13)17(18)19/h2-8,15-16H,1H3. The Morgan fingerprint density at radius 2 is 1.60 bits per heavy atom. The zero-order valence-electron chi connectivity index (χ0n) is 12.6. The molecule has 0 spiro atoms. The van der Waals surface area contributed by atoms with Gasteiger partial charge in [0.1, 0.15) is 0 Å². The van der Waals surface area contributed by atoms with Crippen LogP contribution in [0.1, 0.15) is 0 Å². The molecule has 0 unspecified atom stereocenters. The maximum absolute atomic E-state index is 12.4. The van der Waals surface area contributed by atoms with Crippen LogP contribution >= 0.6 is 11.6 Å². The zero-order chi connectivity index (χ0) is 18.8. The fourth-order valence-corrected chi connectivity index (χ4v) is 4.00. The van der Waals surface area contributed by atoms with E-state index in [1.165, 1.54) is 37.4 Å². The number of nitrogens with zero attached hydrogens (tertiary/aromatic N) is 1. The van der Waals surface area contributed by atoms with Gasteiger partial charge in [0.15, 0.2) is 4.90 Å². The first-order valence-electron chi connectivity index (χ1n) is 6.57. The minimum Gasteiger partial charge on any atom is -0.279 e. The third-order valence-electron chi connectivity index (χ3n) is 3.09. The van der Waals surface area contributed by atoms with Gasteiger partial charge in [-0.15, -0.1) is 0 Å². The molecule has 0 amide bonds. The van der Waals surface area contributed by atoms with Gasteiger partial charge in [0.2, 0.25) is 10.0 Å². The van der Waals surface area contributed by atoms with Crippen LogP contribution < -0.4 is 9.44 Å². The number of anilines is 1. The van der Waals surface area contributed by atoms with E-state index in [-0.39, 0.29) is 15.6 Å². The van der Waals surface area contributed by atoms with Gasteiger partial charge in [-0.05, 0) is 43.4 Å².